The van der Waals surface area contributed by atoms with Crippen LogP contribution in [0.5, 0.6) is 0 Å². The van der Waals surface area contributed by atoms with Crippen molar-refractivity contribution in [3.63, 3.8) is 0 Å². The smallest absolute Gasteiger partial charge is 0.327 e. The maximum atomic E-state index is 9.50. The van der Waals surface area contributed by atoms with Crippen molar-refractivity contribution in [2.75, 3.05) is 6.61 Å². The molecule has 1 unspecified atom stereocenters. The predicted octanol–water partition coefficient (Wildman–Crippen LogP) is 0.621. The minimum Gasteiger partial charge on any atom is -0.387 e. The van der Waals surface area contributed by atoms with Crippen LogP contribution in [0, 0.1) is 5.92 Å². The first kappa shape index (κ1) is 11.3. The van der Waals surface area contributed by atoms with E-state index in [9.17, 15) is 5.11 Å². The van der Waals surface area contributed by atoms with Gasteiger partial charge in [-0.15, -0.1) is 0 Å². The first-order chi connectivity index (χ1) is 4.86. The van der Waals surface area contributed by atoms with Gasteiger partial charge in [0.1, 0.15) is 0 Å². The second-order valence-electron chi connectivity index (χ2n) is 3.04. The molecule has 0 rings (SSSR count). The van der Waals surface area contributed by atoms with Gasteiger partial charge >= 0.3 is 8.60 Å². The van der Waals surface area contributed by atoms with Gasteiger partial charge in [0, 0.05) is 0 Å². The third-order valence-electron chi connectivity index (χ3n) is 1.72. The van der Waals surface area contributed by atoms with E-state index in [2.05, 4.69) is 4.52 Å². The molecule has 0 aromatic carbocycles. The Morgan fingerprint density at radius 2 is 1.91 bits per heavy atom. The molecule has 0 aromatic heterocycles. The predicted molar refractivity (Wildman–Crippen MR) is 42.8 cm³/mol. The van der Waals surface area contributed by atoms with Crippen molar-refractivity contribution in [3.8, 4) is 0 Å². The van der Waals surface area contributed by atoms with Gasteiger partial charge in [0.05, 0.1) is 12.2 Å². The molecule has 0 amide bonds. The maximum absolute atomic E-state index is 9.50. The third-order valence-corrected chi connectivity index (χ3v) is 2.08. The molecule has 0 aliphatic rings. The Hall–Kier alpha value is 0.270. The summed E-state index contributed by atoms with van der Waals surface area (Å²) in [6, 6.07) is 0. The van der Waals surface area contributed by atoms with E-state index >= 15 is 0 Å². The number of rotatable bonds is 4. The minimum absolute atomic E-state index is 0.0254. The van der Waals surface area contributed by atoms with Gasteiger partial charge in [-0.2, -0.15) is 0 Å². The van der Waals surface area contributed by atoms with Gasteiger partial charge in [-0.1, -0.05) is 13.8 Å². The Balaban J connectivity index is 3.73. The van der Waals surface area contributed by atoms with Crippen molar-refractivity contribution in [2.45, 2.75) is 26.4 Å². The summed E-state index contributed by atoms with van der Waals surface area (Å²) in [4.78, 5) is 16.8. The highest BCUT2D eigenvalue weighted by atomic mass is 31.2. The number of hydrogen-bond acceptors (Lipinski definition) is 4. The second-order valence-corrected chi connectivity index (χ2v) is 3.80. The molecule has 0 heterocycles. The Bertz CT molecular complexity index is 113. The van der Waals surface area contributed by atoms with Crippen molar-refractivity contribution < 1.29 is 19.4 Å². The standard InChI is InChI=1S/C6H15O4P/c1-5(2)6(3,7)4-10-11(8)9/h5,7-9H,4H2,1-3H3. The SMILES string of the molecule is CC(C)C(C)(O)COP(O)O. The van der Waals surface area contributed by atoms with Crippen molar-refractivity contribution in [3.05, 3.63) is 0 Å². The van der Waals surface area contributed by atoms with Crippen LogP contribution in [0.1, 0.15) is 20.8 Å². The van der Waals surface area contributed by atoms with Crippen LogP contribution < -0.4 is 0 Å². The summed E-state index contributed by atoms with van der Waals surface area (Å²) in [5.74, 6) is 0.0254. The van der Waals surface area contributed by atoms with Crippen molar-refractivity contribution >= 4 is 8.60 Å². The Morgan fingerprint density at radius 3 is 2.18 bits per heavy atom. The summed E-state index contributed by atoms with van der Waals surface area (Å²) in [7, 11) is -2.35. The largest absolute Gasteiger partial charge is 0.387 e. The van der Waals surface area contributed by atoms with Crippen LogP contribution >= 0.6 is 8.60 Å². The van der Waals surface area contributed by atoms with E-state index in [1.165, 1.54) is 0 Å². The van der Waals surface area contributed by atoms with Gasteiger partial charge < -0.3 is 19.4 Å². The monoisotopic (exact) mass is 182 g/mol. The highest BCUT2D eigenvalue weighted by molar-refractivity contribution is 7.39. The van der Waals surface area contributed by atoms with Crippen LogP contribution in [-0.2, 0) is 4.52 Å². The van der Waals surface area contributed by atoms with Crippen LogP contribution in [0.15, 0.2) is 0 Å². The molecule has 4 nitrogen and oxygen atoms in total. The highest BCUT2D eigenvalue weighted by Crippen LogP contribution is 2.28. The Morgan fingerprint density at radius 1 is 1.45 bits per heavy atom. The van der Waals surface area contributed by atoms with Crippen LogP contribution in [-0.4, -0.2) is 27.1 Å². The topological polar surface area (TPSA) is 69.9 Å². The molecule has 0 aromatic rings. The zero-order valence-electron chi connectivity index (χ0n) is 6.98. The molecule has 68 valence electrons. The molecule has 0 saturated carbocycles. The molecule has 11 heavy (non-hydrogen) atoms. The zero-order chi connectivity index (χ0) is 9.07. The lowest BCUT2D eigenvalue weighted by atomic mass is 9.94. The van der Waals surface area contributed by atoms with Crippen LogP contribution in [0.4, 0.5) is 0 Å². The lowest BCUT2D eigenvalue weighted by molar-refractivity contribution is -0.0295. The quantitative estimate of drug-likeness (QED) is 0.557. The van der Waals surface area contributed by atoms with Gasteiger partial charge in [0.25, 0.3) is 0 Å². The second kappa shape index (κ2) is 4.33. The minimum atomic E-state index is -2.35. The lowest BCUT2D eigenvalue weighted by Crippen LogP contribution is -2.35. The van der Waals surface area contributed by atoms with E-state index in [4.69, 9.17) is 9.79 Å². The Kier molecular flexibility index (Phi) is 4.44. The molecule has 0 aliphatic carbocycles. The van der Waals surface area contributed by atoms with Gasteiger partial charge in [0.15, 0.2) is 0 Å². The summed E-state index contributed by atoms with van der Waals surface area (Å²) < 4.78 is 4.49. The zero-order valence-corrected chi connectivity index (χ0v) is 7.88. The summed E-state index contributed by atoms with van der Waals surface area (Å²) in [5.41, 5.74) is -0.994. The molecule has 0 bridgehead atoms. The Labute approximate surface area is 67.8 Å². The van der Waals surface area contributed by atoms with Gasteiger partial charge in [0.2, 0.25) is 0 Å². The van der Waals surface area contributed by atoms with Gasteiger partial charge in [-0.25, -0.2) is 0 Å². The summed E-state index contributed by atoms with van der Waals surface area (Å²) >= 11 is 0. The van der Waals surface area contributed by atoms with E-state index < -0.39 is 14.2 Å². The summed E-state index contributed by atoms with van der Waals surface area (Å²) in [6.45, 7) is 5.21. The van der Waals surface area contributed by atoms with Crippen LogP contribution in [0.3, 0.4) is 0 Å². The fraction of sp³-hybridized carbons (Fsp3) is 1.00. The third kappa shape index (κ3) is 4.67. The summed E-state index contributed by atoms with van der Waals surface area (Å²) in [5, 5.41) is 9.50. The van der Waals surface area contributed by atoms with Gasteiger partial charge in [-0.05, 0) is 12.8 Å². The first-order valence-electron chi connectivity index (χ1n) is 3.39. The van der Waals surface area contributed by atoms with Crippen molar-refractivity contribution in [1.82, 2.24) is 0 Å². The first-order valence-corrected chi connectivity index (χ1v) is 4.56. The average molecular weight is 182 g/mol. The van der Waals surface area contributed by atoms with E-state index in [0.717, 1.165) is 0 Å². The molecule has 1 atom stereocenters. The maximum Gasteiger partial charge on any atom is 0.327 e. The van der Waals surface area contributed by atoms with Gasteiger partial charge in [-0.3, -0.25) is 0 Å². The lowest BCUT2D eigenvalue weighted by Gasteiger charge is -2.26. The molecule has 0 saturated heterocycles. The fourth-order valence-corrected chi connectivity index (χ4v) is 0.732. The number of hydrogen-bond donors (Lipinski definition) is 3. The van der Waals surface area contributed by atoms with Crippen LogP contribution in [0.25, 0.3) is 0 Å². The van der Waals surface area contributed by atoms with E-state index in [-0.39, 0.29) is 12.5 Å². The van der Waals surface area contributed by atoms with Crippen LogP contribution in [0.2, 0.25) is 0 Å². The normalized spacial score (nSPS) is 17.5. The average Bonchev–Trinajstić information content (AvgIpc) is 1.84. The fourth-order valence-electron chi connectivity index (χ4n) is 0.355. The molecule has 0 fully saturated rings. The van der Waals surface area contributed by atoms with E-state index in [0.29, 0.717) is 0 Å². The highest BCUT2D eigenvalue weighted by Gasteiger charge is 2.26. The van der Waals surface area contributed by atoms with E-state index in [1.807, 2.05) is 13.8 Å². The van der Waals surface area contributed by atoms with E-state index in [1.54, 1.807) is 6.92 Å². The molecular formula is C6H15O4P. The molecular weight excluding hydrogens is 167 g/mol. The van der Waals surface area contributed by atoms with Crippen molar-refractivity contribution in [2.24, 2.45) is 5.92 Å². The molecule has 0 radical (unpaired) electrons. The molecule has 3 N–H and O–H groups in total. The molecule has 0 spiro atoms. The molecule has 0 aliphatic heterocycles. The van der Waals surface area contributed by atoms with Crippen molar-refractivity contribution in [1.29, 1.82) is 0 Å². The summed E-state index contributed by atoms with van der Waals surface area (Å²) in [6.07, 6.45) is 0. The molecule has 5 heteroatoms. The number of aliphatic hydroxyl groups is 1.